The summed E-state index contributed by atoms with van der Waals surface area (Å²) >= 11 is 1.42. The van der Waals surface area contributed by atoms with E-state index < -0.39 is 0 Å². The van der Waals surface area contributed by atoms with E-state index in [1.807, 2.05) is 24.3 Å². The van der Waals surface area contributed by atoms with Gasteiger partial charge in [0.15, 0.2) is 4.80 Å². The second-order valence-corrected chi connectivity index (χ2v) is 5.38. The number of aromatic nitrogens is 3. The molecule has 0 amide bonds. The van der Waals surface area contributed by atoms with Crippen LogP contribution in [0.3, 0.4) is 0 Å². The molecule has 3 heterocycles. The standard InChI is InChI=1S/C13H10N4OS/c18-12-10(19-13-14-5-6-17(12)13)7-11-15-8-3-1-2-4-9(8)16-11/h1-4,7H,5-6H2,(H,15,16)/b10-7-. The topological polar surface area (TPSA) is 63.0 Å². The van der Waals surface area contributed by atoms with Crippen LogP contribution in [-0.2, 0) is 6.54 Å². The van der Waals surface area contributed by atoms with Crippen LogP contribution in [0.1, 0.15) is 5.82 Å². The van der Waals surface area contributed by atoms with Gasteiger partial charge in [0, 0.05) is 12.6 Å². The van der Waals surface area contributed by atoms with Gasteiger partial charge in [0.05, 0.1) is 22.1 Å². The van der Waals surface area contributed by atoms with Gasteiger partial charge in [0.1, 0.15) is 5.82 Å². The molecule has 19 heavy (non-hydrogen) atoms. The lowest BCUT2D eigenvalue weighted by Gasteiger charge is -1.85. The van der Waals surface area contributed by atoms with E-state index in [0.717, 1.165) is 15.8 Å². The Hall–Kier alpha value is -2.21. The predicted octanol–water partition coefficient (Wildman–Crippen LogP) is 0.248. The van der Waals surface area contributed by atoms with Crippen molar-refractivity contribution in [1.29, 1.82) is 0 Å². The van der Waals surface area contributed by atoms with Gasteiger partial charge in [-0.15, -0.1) is 0 Å². The number of imidazole rings is 1. The lowest BCUT2D eigenvalue weighted by atomic mass is 10.3. The van der Waals surface area contributed by atoms with Crippen molar-refractivity contribution in [3.8, 4) is 0 Å². The number of rotatable bonds is 1. The largest absolute Gasteiger partial charge is 0.338 e. The average Bonchev–Trinajstić information content (AvgIpc) is 3.07. The quantitative estimate of drug-likeness (QED) is 0.689. The van der Waals surface area contributed by atoms with Crippen molar-refractivity contribution in [2.75, 3.05) is 6.54 Å². The van der Waals surface area contributed by atoms with Crippen LogP contribution in [0, 0.1) is 0 Å². The minimum absolute atomic E-state index is 0.0294. The molecule has 94 valence electrons. The van der Waals surface area contributed by atoms with Gasteiger partial charge >= 0.3 is 0 Å². The fourth-order valence-corrected chi connectivity index (χ4v) is 3.24. The Balaban J connectivity index is 1.94. The van der Waals surface area contributed by atoms with Crippen LogP contribution in [0.15, 0.2) is 34.1 Å². The van der Waals surface area contributed by atoms with E-state index in [9.17, 15) is 4.79 Å². The van der Waals surface area contributed by atoms with Gasteiger partial charge in [-0.3, -0.25) is 14.4 Å². The van der Waals surface area contributed by atoms with Gasteiger partial charge in [0.25, 0.3) is 5.56 Å². The second-order valence-electron chi connectivity index (χ2n) is 4.37. The second kappa shape index (κ2) is 3.89. The first-order valence-corrected chi connectivity index (χ1v) is 6.83. The molecule has 0 spiro atoms. The highest BCUT2D eigenvalue weighted by molar-refractivity contribution is 7.07. The highest BCUT2D eigenvalue weighted by Crippen LogP contribution is 2.10. The zero-order chi connectivity index (χ0) is 12.8. The molecule has 1 aliphatic rings. The zero-order valence-electron chi connectivity index (χ0n) is 9.96. The molecular weight excluding hydrogens is 260 g/mol. The molecule has 3 aromatic rings. The van der Waals surface area contributed by atoms with Crippen LogP contribution in [0.4, 0.5) is 0 Å². The highest BCUT2D eigenvalue weighted by Gasteiger charge is 2.10. The van der Waals surface area contributed by atoms with Gasteiger partial charge in [-0.05, 0) is 12.1 Å². The first-order valence-electron chi connectivity index (χ1n) is 6.02. The Kier molecular flexibility index (Phi) is 2.19. The van der Waals surface area contributed by atoms with Crippen LogP contribution in [0.2, 0.25) is 0 Å². The third kappa shape index (κ3) is 1.64. The van der Waals surface area contributed by atoms with Gasteiger partial charge in [0.2, 0.25) is 0 Å². The summed E-state index contributed by atoms with van der Waals surface area (Å²) in [7, 11) is 0. The number of nitrogens with zero attached hydrogens (tertiary/aromatic N) is 3. The molecule has 0 fully saturated rings. The Labute approximate surface area is 111 Å². The van der Waals surface area contributed by atoms with Gasteiger partial charge < -0.3 is 4.98 Å². The molecule has 0 aliphatic carbocycles. The lowest BCUT2D eigenvalue weighted by Crippen LogP contribution is -2.29. The Morgan fingerprint density at radius 1 is 1.37 bits per heavy atom. The van der Waals surface area contributed by atoms with Crippen molar-refractivity contribution < 1.29 is 0 Å². The van der Waals surface area contributed by atoms with Crippen LogP contribution in [0.5, 0.6) is 0 Å². The Bertz CT molecular complexity index is 914. The maximum absolute atomic E-state index is 12.1. The van der Waals surface area contributed by atoms with Gasteiger partial charge in [-0.1, -0.05) is 23.5 Å². The number of para-hydroxylation sites is 2. The number of benzene rings is 1. The SMILES string of the molecule is O=c1/c(=C/c2nc3ccccc3[nH]2)sc2n1CCN=2. The summed E-state index contributed by atoms with van der Waals surface area (Å²) in [5.74, 6) is 0.707. The number of nitrogens with one attached hydrogen (secondary N) is 1. The molecule has 0 saturated heterocycles. The molecule has 6 heteroatoms. The molecule has 1 aliphatic heterocycles. The highest BCUT2D eigenvalue weighted by atomic mass is 32.1. The first kappa shape index (κ1) is 10.7. The number of hydrogen-bond donors (Lipinski definition) is 1. The summed E-state index contributed by atoms with van der Waals surface area (Å²) in [6.07, 6.45) is 1.80. The van der Waals surface area contributed by atoms with E-state index in [1.165, 1.54) is 11.3 Å². The van der Waals surface area contributed by atoms with Crippen LogP contribution in [-0.4, -0.2) is 21.1 Å². The van der Waals surface area contributed by atoms with Crippen molar-refractivity contribution in [3.63, 3.8) is 0 Å². The summed E-state index contributed by atoms with van der Waals surface area (Å²) in [5.41, 5.74) is 1.91. The van der Waals surface area contributed by atoms with Crippen LogP contribution < -0.4 is 14.9 Å². The molecule has 1 N–H and O–H groups in total. The smallest absolute Gasteiger partial charge is 0.270 e. The summed E-state index contributed by atoms with van der Waals surface area (Å²) in [5, 5.41) is 0. The summed E-state index contributed by atoms with van der Waals surface area (Å²) in [4.78, 5) is 24.9. The van der Waals surface area contributed by atoms with Crippen molar-refractivity contribution in [2.24, 2.45) is 4.99 Å². The van der Waals surface area contributed by atoms with Crippen molar-refractivity contribution >= 4 is 28.4 Å². The molecule has 0 unspecified atom stereocenters. The van der Waals surface area contributed by atoms with Crippen LogP contribution in [0.25, 0.3) is 17.1 Å². The van der Waals surface area contributed by atoms with E-state index in [-0.39, 0.29) is 5.56 Å². The van der Waals surface area contributed by atoms with Crippen molar-refractivity contribution in [1.82, 2.24) is 14.5 Å². The van der Waals surface area contributed by atoms with E-state index >= 15 is 0 Å². The summed E-state index contributed by atoms with van der Waals surface area (Å²) in [6.45, 7) is 1.41. The summed E-state index contributed by atoms with van der Waals surface area (Å²) < 4.78 is 2.40. The minimum Gasteiger partial charge on any atom is -0.338 e. The lowest BCUT2D eigenvalue weighted by molar-refractivity contribution is 0.740. The van der Waals surface area contributed by atoms with E-state index in [2.05, 4.69) is 15.0 Å². The third-order valence-electron chi connectivity index (χ3n) is 3.13. The molecule has 2 aromatic heterocycles. The molecular formula is C13H10N4OS. The van der Waals surface area contributed by atoms with E-state index in [0.29, 0.717) is 23.4 Å². The fraction of sp³-hybridized carbons (Fsp3) is 0.154. The monoisotopic (exact) mass is 270 g/mol. The zero-order valence-corrected chi connectivity index (χ0v) is 10.8. The van der Waals surface area contributed by atoms with E-state index in [4.69, 9.17) is 0 Å². The molecule has 4 rings (SSSR count). The third-order valence-corrected chi connectivity index (χ3v) is 4.18. The maximum Gasteiger partial charge on any atom is 0.270 e. The van der Waals surface area contributed by atoms with Crippen LogP contribution >= 0.6 is 11.3 Å². The predicted molar refractivity (Wildman–Crippen MR) is 73.9 cm³/mol. The van der Waals surface area contributed by atoms with Gasteiger partial charge in [-0.2, -0.15) is 0 Å². The van der Waals surface area contributed by atoms with Crippen molar-refractivity contribution in [3.05, 3.63) is 49.8 Å². The first-order chi connectivity index (χ1) is 9.31. The molecule has 0 bridgehead atoms. The number of fused-ring (bicyclic) bond motifs is 2. The molecule has 1 aromatic carbocycles. The van der Waals surface area contributed by atoms with E-state index in [1.54, 1.807) is 10.6 Å². The Morgan fingerprint density at radius 2 is 2.26 bits per heavy atom. The maximum atomic E-state index is 12.1. The average molecular weight is 270 g/mol. The summed E-state index contributed by atoms with van der Waals surface area (Å²) in [6, 6.07) is 7.81. The molecule has 0 saturated carbocycles. The number of aromatic amines is 1. The normalized spacial score (nSPS) is 14.8. The molecule has 5 nitrogen and oxygen atoms in total. The van der Waals surface area contributed by atoms with Gasteiger partial charge in [-0.25, -0.2) is 4.98 Å². The Morgan fingerprint density at radius 3 is 3.11 bits per heavy atom. The molecule has 0 radical (unpaired) electrons. The number of hydrogen-bond acceptors (Lipinski definition) is 4. The number of H-pyrrole nitrogens is 1. The molecule has 0 atom stereocenters. The number of thiazole rings is 1. The fourth-order valence-electron chi connectivity index (χ4n) is 2.23. The minimum atomic E-state index is 0.0294. The van der Waals surface area contributed by atoms with Crippen molar-refractivity contribution in [2.45, 2.75) is 6.54 Å².